The highest BCUT2D eigenvalue weighted by Crippen LogP contribution is 2.22. The molecule has 0 atom stereocenters. The van der Waals surface area contributed by atoms with Crippen molar-refractivity contribution >= 4 is 11.6 Å². The summed E-state index contributed by atoms with van der Waals surface area (Å²) in [5.41, 5.74) is 1.13. The highest BCUT2D eigenvalue weighted by atomic mass is 35.5. The van der Waals surface area contributed by atoms with Gasteiger partial charge in [-0.2, -0.15) is 0 Å². The van der Waals surface area contributed by atoms with Gasteiger partial charge in [-0.05, 0) is 31.0 Å². The zero-order valence-electron chi connectivity index (χ0n) is 7.43. The van der Waals surface area contributed by atoms with E-state index < -0.39 is 0 Å². The fourth-order valence-electron chi connectivity index (χ4n) is 0.941. The first-order valence-corrected chi connectivity index (χ1v) is 4.50. The molecule has 66 valence electrons. The molecule has 0 spiro atoms. The van der Waals surface area contributed by atoms with E-state index in [1.165, 1.54) is 0 Å². The molecule has 0 aliphatic carbocycles. The maximum absolute atomic E-state index is 5.82. The predicted molar refractivity (Wildman–Crippen MR) is 52.0 cm³/mol. The van der Waals surface area contributed by atoms with Crippen molar-refractivity contribution in [3.63, 3.8) is 0 Å². The fraction of sp³-hybridized carbons (Fsp3) is 0.400. The molecule has 12 heavy (non-hydrogen) atoms. The van der Waals surface area contributed by atoms with Crippen LogP contribution in [-0.2, 0) is 0 Å². The van der Waals surface area contributed by atoms with Crippen LogP contribution >= 0.6 is 11.6 Å². The third-order valence-electron chi connectivity index (χ3n) is 1.61. The number of aryl methyl sites for hydroxylation is 1. The van der Waals surface area contributed by atoms with Crippen molar-refractivity contribution in [1.29, 1.82) is 0 Å². The normalized spacial score (nSPS) is 9.92. The predicted octanol–water partition coefficient (Wildman–Crippen LogP) is 3.44. The van der Waals surface area contributed by atoms with E-state index in [4.69, 9.17) is 16.3 Å². The van der Waals surface area contributed by atoms with Crippen molar-refractivity contribution in [1.82, 2.24) is 0 Å². The lowest BCUT2D eigenvalue weighted by atomic mass is 10.2. The Balaban J connectivity index is 2.75. The minimum absolute atomic E-state index is 0.728. The number of ether oxygens (including phenoxy) is 1. The van der Waals surface area contributed by atoms with Crippen LogP contribution in [-0.4, -0.2) is 6.61 Å². The third-order valence-corrected chi connectivity index (χ3v) is 1.85. The van der Waals surface area contributed by atoms with E-state index in [0.717, 1.165) is 29.4 Å². The van der Waals surface area contributed by atoms with Gasteiger partial charge in [0, 0.05) is 5.02 Å². The monoisotopic (exact) mass is 184 g/mol. The Bertz CT molecular complexity index is 258. The topological polar surface area (TPSA) is 9.23 Å². The average Bonchev–Trinajstić information content (AvgIpc) is 2.07. The van der Waals surface area contributed by atoms with Crippen LogP contribution in [0.25, 0.3) is 0 Å². The fourth-order valence-corrected chi connectivity index (χ4v) is 1.10. The van der Waals surface area contributed by atoms with Crippen LogP contribution in [0.3, 0.4) is 0 Å². The molecule has 0 N–H and O–H groups in total. The van der Waals surface area contributed by atoms with Gasteiger partial charge in [-0.25, -0.2) is 0 Å². The van der Waals surface area contributed by atoms with Crippen LogP contribution in [0.5, 0.6) is 5.75 Å². The molecular weight excluding hydrogens is 172 g/mol. The van der Waals surface area contributed by atoms with E-state index in [2.05, 4.69) is 6.92 Å². The number of rotatable bonds is 3. The Labute approximate surface area is 78.3 Å². The van der Waals surface area contributed by atoms with Crippen molar-refractivity contribution < 1.29 is 4.74 Å². The third kappa shape index (κ3) is 2.42. The van der Waals surface area contributed by atoms with Gasteiger partial charge in [-0.3, -0.25) is 0 Å². The molecule has 0 aromatic heterocycles. The quantitative estimate of drug-likeness (QED) is 0.700. The highest BCUT2D eigenvalue weighted by molar-refractivity contribution is 6.30. The molecule has 0 aliphatic rings. The molecule has 0 aliphatic heterocycles. The summed E-state index contributed by atoms with van der Waals surface area (Å²) in [6, 6.07) is 5.69. The molecular formula is C10H13ClO. The minimum Gasteiger partial charge on any atom is -0.493 e. The van der Waals surface area contributed by atoms with Crippen LogP contribution in [0.1, 0.15) is 18.9 Å². The molecule has 0 radical (unpaired) electrons. The Hall–Kier alpha value is -0.690. The summed E-state index contributed by atoms with van der Waals surface area (Å²) in [5.74, 6) is 0.893. The van der Waals surface area contributed by atoms with Gasteiger partial charge >= 0.3 is 0 Å². The summed E-state index contributed by atoms with van der Waals surface area (Å²) in [5, 5.41) is 0.728. The van der Waals surface area contributed by atoms with Crippen LogP contribution in [0, 0.1) is 6.92 Å². The second-order valence-electron chi connectivity index (χ2n) is 2.76. The lowest BCUT2D eigenvalue weighted by Gasteiger charge is -2.07. The summed E-state index contributed by atoms with van der Waals surface area (Å²) < 4.78 is 5.48. The summed E-state index contributed by atoms with van der Waals surface area (Å²) in [7, 11) is 0. The molecule has 0 fully saturated rings. The molecule has 1 aromatic carbocycles. The molecule has 2 heteroatoms. The van der Waals surface area contributed by atoms with Gasteiger partial charge in [0.05, 0.1) is 6.61 Å². The summed E-state index contributed by atoms with van der Waals surface area (Å²) in [4.78, 5) is 0. The lowest BCUT2D eigenvalue weighted by Crippen LogP contribution is -1.96. The highest BCUT2D eigenvalue weighted by Gasteiger charge is 1.98. The molecule has 0 bridgehead atoms. The second kappa shape index (κ2) is 4.36. The first kappa shape index (κ1) is 9.40. The Kier molecular flexibility index (Phi) is 3.42. The zero-order chi connectivity index (χ0) is 8.97. The number of benzene rings is 1. The number of hydrogen-bond donors (Lipinski definition) is 0. The molecule has 1 nitrogen and oxygen atoms in total. The van der Waals surface area contributed by atoms with E-state index in [1.807, 2.05) is 25.1 Å². The molecule has 0 saturated carbocycles. The summed E-state index contributed by atoms with van der Waals surface area (Å²) >= 11 is 5.82. The van der Waals surface area contributed by atoms with E-state index in [1.54, 1.807) is 0 Å². The van der Waals surface area contributed by atoms with E-state index in [9.17, 15) is 0 Å². The lowest BCUT2D eigenvalue weighted by molar-refractivity contribution is 0.315. The second-order valence-corrected chi connectivity index (χ2v) is 3.19. The number of halogens is 1. The van der Waals surface area contributed by atoms with Gasteiger partial charge in [-0.15, -0.1) is 0 Å². The van der Waals surface area contributed by atoms with Gasteiger partial charge in [0.15, 0.2) is 0 Å². The molecule has 1 aromatic rings. The number of hydrogen-bond acceptors (Lipinski definition) is 1. The van der Waals surface area contributed by atoms with Gasteiger partial charge < -0.3 is 4.74 Å². The van der Waals surface area contributed by atoms with Crippen molar-refractivity contribution in [2.45, 2.75) is 20.3 Å². The SMILES string of the molecule is CCCOc1cc(Cl)ccc1C. The van der Waals surface area contributed by atoms with Crippen molar-refractivity contribution in [3.8, 4) is 5.75 Å². The van der Waals surface area contributed by atoms with Crippen molar-refractivity contribution in [3.05, 3.63) is 28.8 Å². The van der Waals surface area contributed by atoms with Crippen LogP contribution in [0.2, 0.25) is 5.02 Å². The maximum atomic E-state index is 5.82. The molecule has 0 heterocycles. The smallest absolute Gasteiger partial charge is 0.123 e. The van der Waals surface area contributed by atoms with Crippen LogP contribution in [0.4, 0.5) is 0 Å². The van der Waals surface area contributed by atoms with Crippen LogP contribution in [0.15, 0.2) is 18.2 Å². The maximum Gasteiger partial charge on any atom is 0.123 e. The van der Waals surface area contributed by atoms with Gasteiger partial charge in [0.25, 0.3) is 0 Å². The van der Waals surface area contributed by atoms with Gasteiger partial charge in [0.1, 0.15) is 5.75 Å². The van der Waals surface area contributed by atoms with Crippen LogP contribution < -0.4 is 4.74 Å². The van der Waals surface area contributed by atoms with Gasteiger partial charge in [0.2, 0.25) is 0 Å². The standard InChI is InChI=1S/C10H13ClO/c1-3-6-12-10-7-9(11)5-4-8(10)2/h4-5,7H,3,6H2,1-2H3. The van der Waals surface area contributed by atoms with Gasteiger partial charge in [-0.1, -0.05) is 24.6 Å². The van der Waals surface area contributed by atoms with E-state index in [0.29, 0.717) is 0 Å². The minimum atomic E-state index is 0.728. The largest absolute Gasteiger partial charge is 0.493 e. The first-order valence-electron chi connectivity index (χ1n) is 4.13. The summed E-state index contributed by atoms with van der Waals surface area (Å²) in [6.07, 6.45) is 1.02. The molecule has 0 saturated heterocycles. The van der Waals surface area contributed by atoms with Crippen molar-refractivity contribution in [2.24, 2.45) is 0 Å². The Morgan fingerprint density at radius 1 is 1.42 bits per heavy atom. The van der Waals surface area contributed by atoms with Crippen molar-refractivity contribution in [2.75, 3.05) is 6.61 Å². The zero-order valence-corrected chi connectivity index (χ0v) is 8.19. The molecule has 0 unspecified atom stereocenters. The first-order chi connectivity index (χ1) is 5.74. The van der Waals surface area contributed by atoms with E-state index in [-0.39, 0.29) is 0 Å². The average molecular weight is 185 g/mol. The summed E-state index contributed by atoms with van der Waals surface area (Å²) in [6.45, 7) is 4.85. The Morgan fingerprint density at radius 3 is 2.83 bits per heavy atom. The molecule has 1 rings (SSSR count). The molecule has 0 amide bonds. The van der Waals surface area contributed by atoms with E-state index >= 15 is 0 Å². The Morgan fingerprint density at radius 2 is 2.17 bits per heavy atom.